The normalized spacial score (nSPS) is 12.2. The van der Waals surface area contributed by atoms with Crippen LogP contribution in [0.1, 0.15) is 30.5 Å². The molecule has 0 radical (unpaired) electrons. The number of anilines is 1. The van der Waals surface area contributed by atoms with Gasteiger partial charge in [-0.05, 0) is 49.6 Å². The molecule has 0 fully saturated rings. The highest BCUT2D eigenvalue weighted by Gasteiger charge is 2.23. The second-order valence-electron chi connectivity index (χ2n) is 7.64. The highest BCUT2D eigenvalue weighted by atomic mass is 35.5. The first-order chi connectivity index (χ1) is 15.3. The Morgan fingerprint density at radius 2 is 1.94 bits per heavy atom. The van der Waals surface area contributed by atoms with E-state index in [1.165, 1.54) is 22.2 Å². The SMILES string of the molecule is CCC(C(=O)Nc1ccc(Cl)cc1Cl)n1cnc2scc(-c3ccc(C)cc3C)c2c1=O. The number of halogens is 2. The molecule has 2 aromatic carbocycles. The maximum Gasteiger partial charge on any atom is 0.263 e. The Labute approximate surface area is 199 Å². The predicted molar refractivity (Wildman–Crippen MR) is 133 cm³/mol. The summed E-state index contributed by atoms with van der Waals surface area (Å²) in [5.41, 5.74) is 4.27. The van der Waals surface area contributed by atoms with Crippen molar-refractivity contribution in [2.45, 2.75) is 33.2 Å². The molecule has 1 N–H and O–H groups in total. The van der Waals surface area contributed by atoms with E-state index in [0.29, 0.717) is 32.4 Å². The summed E-state index contributed by atoms with van der Waals surface area (Å²) < 4.78 is 1.40. The van der Waals surface area contributed by atoms with Crippen molar-refractivity contribution in [1.82, 2.24) is 9.55 Å². The molecule has 2 heterocycles. The molecular weight excluding hydrogens is 465 g/mol. The van der Waals surface area contributed by atoms with Crippen molar-refractivity contribution in [2.24, 2.45) is 0 Å². The summed E-state index contributed by atoms with van der Waals surface area (Å²) in [6.45, 7) is 5.91. The Bertz CT molecular complexity index is 1390. The summed E-state index contributed by atoms with van der Waals surface area (Å²) in [6.07, 6.45) is 1.86. The fourth-order valence-electron chi connectivity index (χ4n) is 3.80. The van der Waals surface area contributed by atoms with Crippen LogP contribution in [0.3, 0.4) is 0 Å². The Kier molecular flexibility index (Phi) is 6.38. The van der Waals surface area contributed by atoms with Gasteiger partial charge in [-0.2, -0.15) is 0 Å². The quantitative estimate of drug-likeness (QED) is 0.344. The average Bonchev–Trinajstić information content (AvgIpc) is 3.17. The van der Waals surface area contributed by atoms with Crippen LogP contribution in [0.15, 0.2) is 52.9 Å². The summed E-state index contributed by atoms with van der Waals surface area (Å²) in [5, 5.41) is 6.09. The molecule has 1 atom stereocenters. The number of carbonyl (C=O) groups is 1. The van der Waals surface area contributed by atoms with Gasteiger partial charge in [0.2, 0.25) is 5.91 Å². The van der Waals surface area contributed by atoms with E-state index in [4.69, 9.17) is 23.2 Å². The van der Waals surface area contributed by atoms with Crippen molar-refractivity contribution < 1.29 is 4.79 Å². The molecule has 0 aliphatic rings. The molecule has 1 amide bonds. The average molecular weight is 486 g/mol. The van der Waals surface area contributed by atoms with Crippen molar-refractivity contribution in [3.05, 3.63) is 79.6 Å². The minimum Gasteiger partial charge on any atom is -0.323 e. The zero-order valence-electron chi connectivity index (χ0n) is 17.8. The van der Waals surface area contributed by atoms with Gasteiger partial charge in [0.05, 0.1) is 22.4 Å². The van der Waals surface area contributed by atoms with Gasteiger partial charge in [0.25, 0.3) is 5.56 Å². The Hall–Kier alpha value is -2.67. The summed E-state index contributed by atoms with van der Waals surface area (Å²) in [6, 6.07) is 10.2. The fraction of sp³-hybridized carbons (Fsp3) is 0.208. The molecule has 2 aromatic heterocycles. The topological polar surface area (TPSA) is 64.0 Å². The smallest absolute Gasteiger partial charge is 0.263 e. The highest BCUT2D eigenvalue weighted by Crippen LogP contribution is 2.33. The lowest BCUT2D eigenvalue weighted by atomic mass is 9.99. The molecule has 5 nitrogen and oxygen atoms in total. The number of carbonyl (C=O) groups excluding carboxylic acids is 1. The van der Waals surface area contributed by atoms with Crippen molar-refractivity contribution in [1.29, 1.82) is 0 Å². The van der Waals surface area contributed by atoms with E-state index in [-0.39, 0.29) is 11.5 Å². The molecule has 32 heavy (non-hydrogen) atoms. The lowest BCUT2D eigenvalue weighted by Gasteiger charge is -2.18. The molecule has 0 saturated carbocycles. The van der Waals surface area contributed by atoms with Gasteiger partial charge in [0.1, 0.15) is 10.9 Å². The van der Waals surface area contributed by atoms with E-state index >= 15 is 0 Å². The lowest BCUT2D eigenvalue weighted by Crippen LogP contribution is -2.33. The van der Waals surface area contributed by atoms with Crippen LogP contribution in [0.25, 0.3) is 21.3 Å². The van der Waals surface area contributed by atoms with E-state index in [9.17, 15) is 9.59 Å². The highest BCUT2D eigenvalue weighted by molar-refractivity contribution is 7.17. The van der Waals surface area contributed by atoms with Crippen LogP contribution in [0.2, 0.25) is 10.0 Å². The number of amides is 1. The first kappa shape index (κ1) is 22.5. The van der Waals surface area contributed by atoms with E-state index in [1.54, 1.807) is 18.2 Å². The van der Waals surface area contributed by atoms with Crippen LogP contribution >= 0.6 is 34.5 Å². The number of rotatable bonds is 5. The minimum atomic E-state index is -0.738. The van der Waals surface area contributed by atoms with Crippen molar-refractivity contribution in [3.8, 4) is 11.1 Å². The van der Waals surface area contributed by atoms with Gasteiger partial charge < -0.3 is 5.32 Å². The molecule has 0 bridgehead atoms. The summed E-state index contributed by atoms with van der Waals surface area (Å²) in [7, 11) is 0. The third kappa shape index (κ3) is 4.18. The molecule has 1 unspecified atom stereocenters. The first-order valence-electron chi connectivity index (χ1n) is 10.1. The van der Waals surface area contributed by atoms with E-state index in [1.807, 2.05) is 38.3 Å². The zero-order valence-corrected chi connectivity index (χ0v) is 20.1. The second-order valence-corrected chi connectivity index (χ2v) is 9.34. The lowest BCUT2D eigenvalue weighted by molar-refractivity contribution is -0.119. The number of fused-ring (bicyclic) bond motifs is 1. The third-order valence-electron chi connectivity index (χ3n) is 5.41. The molecule has 4 aromatic rings. The van der Waals surface area contributed by atoms with Gasteiger partial charge in [-0.15, -0.1) is 11.3 Å². The van der Waals surface area contributed by atoms with E-state index in [0.717, 1.165) is 22.3 Å². The molecule has 164 valence electrons. The largest absolute Gasteiger partial charge is 0.323 e. The Balaban J connectivity index is 1.77. The van der Waals surface area contributed by atoms with Crippen LogP contribution in [0, 0.1) is 13.8 Å². The van der Waals surface area contributed by atoms with Gasteiger partial charge in [-0.1, -0.05) is 53.9 Å². The van der Waals surface area contributed by atoms with Crippen molar-refractivity contribution in [2.75, 3.05) is 5.32 Å². The number of nitrogens with zero attached hydrogens (tertiary/aromatic N) is 2. The molecule has 0 saturated heterocycles. The van der Waals surface area contributed by atoms with Crippen molar-refractivity contribution >= 4 is 56.3 Å². The van der Waals surface area contributed by atoms with Gasteiger partial charge in [-0.25, -0.2) is 4.98 Å². The number of aromatic nitrogens is 2. The first-order valence-corrected chi connectivity index (χ1v) is 11.8. The molecule has 8 heteroatoms. The molecular formula is C24H21Cl2N3O2S. The standard InChI is InChI=1S/C24H21Cl2N3O2S/c1-4-20(22(30)28-19-8-6-15(25)10-18(19)26)29-12-27-23-21(24(29)31)17(11-32-23)16-7-5-13(2)9-14(16)3/h5-12,20H,4H2,1-3H3,(H,28,30). The van der Waals surface area contributed by atoms with Gasteiger partial charge in [-0.3, -0.25) is 14.2 Å². The van der Waals surface area contributed by atoms with Crippen LogP contribution < -0.4 is 10.9 Å². The fourth-order valence-corrected chi connectivity index (χ4v) is 5.15. The van der Waals surface area contributed by atoms with Crippen LogP contribution in [0.4, 0.5) is 5.69 Å². The predicted octanol–water partition coefficient (Wildman–Crippen LogP) is 6.64. The van der Waals surface area contributed by atoms with Gasteiger partial charge in [0.15, 0.2) is 0 Å². The second kappa shape index (κ2) is 9.06. The molecule has 0 spiro atoms. The number of thiophene rings is 1. The minimum absolute atomic E-state index is 0.240. The number of nitrogens with one attached hydrogen (secondary N) is 1. The number of benzene rings is 2. The third-order valence-corrected chi connectivity index (χ3v) is 6.84. The van der Waals surface area contributed by atoms with Gasteiger partial charge >= 0.3 is 0 Å². The molecule has 4 rings (SSSR count). The number of hydrogen-bond acceptors (Lipinski definition) is 4. The number of aryl methyl sites for hydroxylation is 2. The molecule has 0 aliphatic carbocycles. The van der Waals surface area contributed by atoms with Crippen molar-refractivity contribution in [3.63, 3.8) is 0 Å². The van der Waals surface area contributed by atoms with E-state index < -0.39 is 6.04 Å². The van der Waals surface area contributed by atoms with Crippen LogP contribution in [0.5, 0.6) is 0 Å². The number of hydrogen-bond donors (Lipinski definition) is 1. The summed E-state index contributed by atoms with van der Waals surface area (Å²) in [4.78, 5) is 31.7. The van der Waals surface area contributed by atoms with Crippen LogP contribution in [-0.2, 0) is 4.79 Å². The Morgan fingerprint density at radius 1 is 1.16 bits per heavy atom. The van der Waals surface area contributed by atoms with Crippen LogP contribution in [-0.4, -0.2) is 15.5 Å². The maximum atomic E-state index is 13.5. The van der Waals surface area contributed by atoms with E-state index in [2.05, 4.69) is 16.4 Å². The molecule has 0 aliphatic heterocycles. The zero-order chi connectivity index (χ0) is 23.0. The summed E-state index contributed by atoms with van der Waals surface area (Å²) >= 11 is 13.6. The van der Waals surface area contributed by atoms with Gasteiger partial charge in [0, 0.05) is 16.0 Å². The summed E-state index contributed by atoms with van der Waals surface area (Å²) in [5.74, 6) is -0.344. The monoisotopic (exact) mass is 485 g/mol. The maximum absolute atomic E-state index is 13.5. The Morgan fingerprint density at radius 3 is 2.62 bits per heavy atom.